The molecule has 0 N–H and O–H groups in total. The Balaban J connectivity index is 1.87. The van der Waals surface area contributed by atoms with Crippen LogP contribution in [0, 0.1) is 5.92 Å². The molecule has 0 amide bonds. The lowest BCUT2D eigenvalue weighted by molar-refractivity contribution is 0.185. The van der Waals surface area contributed by atoms with Gasteiger partial charge in [0.05, 0.1) is 6.20 Å². The number of aromatic nitrogens is 2. The molecule has 1 aliphatic rings. The van der Waals surface area contributed by atoms with Gasteiger partial charge in [-0.15, -0.1) is 0 Å². The standard InChI is InChI=1S/C11H17N3/c1-10-3-6-14(7-4-10)9-11-2-5-12-13-8-11/h2,5,8,10H,3-4,6-7,9H2,1H3. The van der Waals surface area contributed by atoms with E-state index in [0.717, 1.165) is 12.5 Å². The fraction of sp³-hybridized carbons (Fsp3) is 0.636. The summed E-state index contributed by atoms with van der Waals surface area (Å²) in [4.78, 5) is 2.50. The molecule has 0 aromatic carbocycles. The molecule has 0 spiro atoms. The zero-order valence-electron chi connectivity index (χ0n) is 8.69. The highest BCUT2D eigenvalue weighted by Crippen LogP contribution is 2.17. The first-order valence-electron chi connectivity index (χ1n) is 5.32. The lowest BCUT2D eigenvalue weighted by Gasteiger charge is -2.29. The Morgan fingerprint density at radius 1 is 1.36 bits per heavy atom. The Hall–Kier alpha value is -0.960. The van der Waals surface area contributed by atoms with E-state index in [4.69, 9.17) is 0 Å². The maximum Gasteiger partial charge on any atom is 0.0541 e. The molecule has 2 heterocycles. The van der Waals surface area contributed by atoms with Gasteiger partial charge in [0.2, 0.25) is 0 Å². The summed E-state index contributed by atoms with van der Waals surface area (Å²) in [5.74, 6) is 0.904. The molecule has 1 aromatic heterocycles. The third kappa shape index (κ3) is 2.51. The maximum atomic E-state index is 3.89. The molecule has 3 heteroatoms. The van der Waals surface area contributed by atoms with Crippen LogP contribution in [0.4, 0.5) is 0 Å². The molecule has 0 aliphatic carbocycles. The molecule has 76 valence electrons. The zero-order valence-corrected chi connectivity index (χ0v) is 8.69. The molecule has 0 bridgehead atoms. The first kappa shape index (κ1) is 9.59. The number of hydrogen-bond acceptors (Lipinski definition) is 3. The van der Waals surface area contributed by atoms with Gasteiger partial charge in [-0.1, -0.05) is 6.92 Å². The number of hydrogen-bond donors (Lipinski definition) is 0. The normalized spacial score (nSPS) is 19.8. The molecule has 14 heavy (non-hydrogen) atoms. The van der Waals surface area contributed by atoms with Crippen molar-refractivity contribution in [2.45, 2.75) is 26.3 Å². The second-order valence-corrected chi connectivity index (χ2v) is 4.21. The first-order chi connectivity index (χ1) is 6.84. The van der Waals surface area contributed by atoms with Crippen LogP contribution in [-0.2, 0) is 6.54 Å². The van der Waals surface area contributed by atoms with Crippen molar-refractivity contribution in [1.29, 1.82) is 0 Å². The van der Waals surface area contributed by atoms with E-state index in [-0.39, 0.29) is 0 Å². The van der Waals surface area contributed by atoms with Crippen LogP contribution in [0.25, 0.3) is 0 Å². The minimum Gasteiger partial charge on any atom is -0.299 e. The Kier molecular flexibility index (Phi) is 3.09. The molecular formula is C11H17N3. The molecule has 0 atom stereocenters. The average molecular weight is 191 g/mol. The first-order valence-corrected chi connectivity index (χ1v) is 5.32. The number of piperidine rings is 1. The summed E-state index contributed by atoms with van der Waals surface area (Å²) < 4.78 is 0. The lowest BCUT2D eigenvalue weighted by atomic mass is 9.99. The maximum absolute atomic E-state index is 3.89. The highest BCUT2D eigenvalue weighted by molar-refractivity contribution is 5.04. The van der Waals surface area contributed by atoms with Crippen molar-refractivity contribution in [2.75, 3.05) is 13.1 Å². The van der Waals surface area contributed by atoms with Crippen molar-refractivity contribution < 1.29 is 0 Å². The van der Waals surface area contributed by atoms with E-state index < -0.39 is 0 Å². The molecule has 0 saturated carbocycles. The van der Waals surface area contributed by atoms with Gasteiger partial charge in [-0.2, -0.15) is 10.2 Å². The predicted molar refractivity (Wildman–Crippen MR) is 55.7 cm³/mol. The second-order valence-electron chi connectivity index (χ2n) is 4.21. The quantitative estimate of drug-likeness (QED) is 0.712. The molecule has 1 aliphatic heterocycles. The number of likely N-dealkylation sites (tertiary alicyclic amines) is 1. The van der Waals surface area contributed by atoms with Crippen molar-refractivity contribution in [1.82, 2.24) is 15.1 Å². The zero-order chi connectivity index (χ0) is 9.80. The van der Waals surface area contributed by atoms with E-state index in [2.05, 4.69) is 22.0 Å². The molecule has 0 unspecified atom stereocenters. The van der Waals surface area contributed by atoms with E-state index in [9.17, 15) is 0 Å². The van der Waals surface area contributed by atoms with Crippen LogP contribution in [0.1, 0.15) is 25.3 Å². The van der Waals surface area contributed by atoms with Crippen LogP contribution >= 0.6 is 0 Å². The summed E-state index contributed by atoms with van der Waals surface area (Å²) in [6.07, 6.45) is 6.29. The molecule has 0 radical (unpaired) electrons. The van der Waals surface area contributed by atoms with Gasteiger partial charge in [0.25, 0.3) is 0 Å². The Bertz CT molecular complexity index is 265. The number of nitrogens with zero attached hydrogens (tertiary/aromatic N) is 3. The minimum absolute atomic E-state index is 0.904. The Morgan fingerprint density at radius 3 is 2.79 bits per heavy atom. The third-order valence-electron chi connectivity index (χ3n) is 2.93. The van der Waals surface area contributed by atoms with Gasteiger partial charge >= 0.3 is 0 Å². The van der Waals surface area contributed by atoms with Gasteiger partial charge in [-0.25, -0.2) is 0 Å². The average Bonchev–Trinajstić information content (AvgIpc) is 2.23. The van der Waals surface area contributed by atoms with Gasteiger partial charge < -0.3 is 0 Å². The lowest BCUT2D eigenvalue weighted by Crippen LogP contribution is -2.32. The largest absolute Gasteiger partial charge is 0.299 e. The molecular weight excluding hydrogens is 174 g/mol. The van der Waals surface area contributed by atoms with Crippen molar-refractivity contribution in [3.05, 3.63) is 24.0 Å². The smallest absolute Gasteiger partial charge is 0.0541 e. The van der Waals surface area contributed by atoms with Crippen LogP contribution in [0.3, 0.4) is 0 Å². The fourth-order valence-corrected chi connectivity index (χ4v) is 1.89. The predicted octanol–water partition coefficient (Wildman–Crippen LogP) is 1.71. The van der Waals surface area contributed by atoms with E-state index in [0.29, 0.717) is 0 Å². The summed E-state index contributed by atoms with van der Waals surface area (Å²) in [6, 6.07) is 2.05. The van der Waals surface area contributed by atoms with E-state index in [1.54, 1.807) is 6.20 Å². The highest BCUT2D eigenvalue weighted by atomic mass is 15.1. The fourth-order valence-electron chi connectivity index (χ4n) is 1.89. The summed E-state index contributed by atoms with van der Waals surface area (Å²) >= 11 is 0. The van der Waals surface area contributed by atoms with Gasteiger partial charge in [-0.05, 0) is 43.5 Å². The van der Waals surface area contributed by atoms with Crippen molar-refractivity contribution in [2.24, 2.45) is 5.92 Å². The van der Waals surface area contributed by atoms with Crippen molar-refractivity contribution >= 4 is 0 Å². The van der Waals surface area contributed by atoms with Crippen LogP contribution in [0.15, 0.2) is 18.5 Å². The van der Waals surface area contributed by atoms with Crippen molar-refractivity contribution in [3.8, 4) is 0 Å². The van der Waals surface area contributed by atoms with Gasteiger partial charge in [0.1, 0.15) is 0 Å². The summed E-state index contributed by atoms with van der Waals surface area (Å²) in [7, 11) is 0. The topological polar surface area (TPSA) is 29.0 Å². The molecule has 2 rings (SSSR count). The minimum atomic E-state index is 0.904. The van der Waals surface area contributed by atoms with Crippen molar-refractivity contribution in [3.63, 3.8) is 0 Å². The van der Waals surface area contributed by atoms with E-state index >= 15 is 0 Å². The highest BCUT2D eigenvalue weighted by Gasteiger charge is 2.15. The van der Waals surface area contributed by atoms with E-state index in [1.165, 1.54) is 31.5 Å². The van der Waals surface area contributed by atoms with Gasteiger partial charge in [0.15, 0.2) is 0 Å². The van der Waals surface area contributed by atoms with Crippen LogP contribution in [0.5, 0.6) is 0 Å². The molecule has 3 nitrogen and oxygen atoms in total. The van der Waals surface area contributed by atoms with E-state index in [1.807, 2.05) is 12.3 Å². The van der Waals surface area contributed by atoms with Crippen LogP contribution in [0.2, 0.25) is 0 Å². The summed E-state index contributed by atoms with van der Waals surface area (Å²) in [6.45, 7) is 5.82. The Morgan fingerprint density at radius 2 is 2.14 bits per heavy atom. The molecule has 1 fully saturated rings. The molecule has 1 saturated heterocycles. The molecule has 1 aromatic rings. The third-order valence-corrected chi connectivity index (χ3v) is 2.93. The van der Waals surface area contributed by atoms with Crippen LogP contribution < -0.4 is 0 Å². The SMILES string of the molecule is CC1CCN(Cc2ccnnc2)CC1. The monoisotopic (exact) mass is 191 g/mol. The summed E-state index contributed by atoms with van der Waals surface area (Å²) in [5.41, 5.74) is 1.27. The summed E-state index contributed by atoms with van der Waals surface area (Å²) in [5, 5.41) is 7.67. The second kappa shape index (κ2) is 4.51. The van der Waals surface area contributed by atoms with Gasteiger partial charge in [-0.3, -0.25) is 4.90 Å². The van der Waals surface area contributed by atoms with Gasteiger partial charge in [0, 0.05) is 12.7 Å². The van der Waals surface area contributed by atoms with Crippen LogP contribution in [-0.4, -0.2) is 28.2 Å². The Labute approximate surface area is 85.1 Å². The number of rotatable bonds is 2.